The molecule has 0 radical (unpaired) electrons. The first kappa shape index (κ1) is 14.0. The van der Waals surface area contributed by atoms with Crippen molar-refractivity contribution in [1.29, 1.82) is 0 Å². The number of aryl methyl sites for hydroxylation is 1. The predicted molar refractivity (Wildman–Crippen MR) is 67.7 cm³/mol. The monoisotopic (exact) mass is 260 g/mol. The number of nitrogens with one attached hydrogen (secondary N) is 1. The van der Waals surface area contributed by atoms with Gasteiger partial charge in [0.25, 0.3) is 0 Å². The summed E-state index contributed by atoms with van der Waals surface area (Å²) in [5.74, 6) is 0.997. The molecule has 0 saturated carbocycles. The van der Waals surface area contributed by atoms with Crippen LogP contribution < -0.4 is 10.5 Å². The van der Waals surface area contributed by atoms with Gasteiger partial charge < -0.3 is 5.73 Å². The molecule has 1 aromatic rings. The van der Waals surface area contributed by atoms with Crippen LogP contribution in [0.5, 0.6) is 0 Å². The molecule has 0 aliphatic rings. The predicted octanol–water partition coefficient (Wildman–Crippen LogP) is 0.468. The molecule has 3 N–H and O–H groups in total. The van der Waals surface area contributed by atoms with Crippen molar-refractivity contribution in [2.45, 2.75) is 26.8 Å². The number of rotatable bonds is 6. The minimum atomic E-state index is -3.22. The van der Waals surface area contributed by atoms with Crippen LogP contribution in [0.15, 0.2) is 6.20 Å². The highest BCUT2D eigenvalue weighted by molar-refractivity contribution is 7.89. The van der Waals surface area contributed by atoms with E-state index in [4.69, 9.17) is 5.73 Å². The summed E-state index contributed by atoms with van der Waals surface area (Å²) < 4.78 is 27.3. The van der Waals surface area contributed by atoms with Crippen LogP contribution in [-0.2, 0) is 23.6 Å². The lowest BCUT2D eigenvalue weighted by atomic mass is 10.2. The minimum absolute atomic E-state index is 0.144. The number of sulfonamides is 1. The molecule has 0 fully saturated rings. The molecule has 0 amide bonds. The van der Waals surface area contributed by atoms with Crippen LogP contribution in [0.3, 0.4) is 0 Å². The van der Waals surface area contributed by atoms with E-state index < -0.39 is 10.0 Å². The molecule has 0 saturated heterocycles. The summed E-state index contributed by atoms with van der Waals surface area (Å²) in [5.41, 5.74) is 6.41. The summed E-state index contributed by atoms with van der Waals surface area (Å²) in [6, 6.07) is 0. The summed E-state index contributed by atoms with van der Waals surface area (Å²) in [5, 5.41) is 3.95. The van der Waals surface area contributed by atoms with Gasteiger partial charge in [-0.25, -0.2) is 13.1 Å². The molecule has 1 heterocycles. The van der Waals surface area contributed by atoms with E-state index in [0.717, 1.165) is 0 Å². The van der Waals surface area contributed by atoms with Crippen LogP contribution in [0.25, 0.3) is 0 Å². The first-order chi connectivity index (χ1) is 7.82. The van der Waals surface area contributed by atoms with Crippen molar-refractivity contribution in [3.8, 4) is 0 Å². The smallest absolute Gasteiger partial charge is 0.211 e. The van der Waals surface area contributed by atoms with E-state index in [1.807, 2.05) is 13.8 Å². The molecule has 0 spiro atoms. The van der Waals surface area contributed by atoms with Gasteiger partial charge in [0, 0.05) is 19.2 Å². The van der Waals surface area contributed by atoms with Crippen molar-refractivity contribution in [3.63, 3.8) is 0 Å². The van der Waals surface area contributed by atoms with Gasteiger partial charge in [-0.2, -0.15) is 5.10 Å². The van der Waals surface area contributed by atoms with Gasteiger partial charge in [-0.1, -0.05) is 13.8 Å². The van der Waals surface area contributed by atoms with E-state index in [1.54, 1.807) is 13.2 Å². The topological polar surface area (TPSA) is 90.0 Å². The lowest BCUT2D eigenvalue weighted by Gasteiger charge is -2.07. The van der Waals surface area contributed by atoms with Gasteiger partial charge in [-0.05, 0) is 12.3 Å². The number of hydrogen-bond acceptors (Lipinski definition) is 4. The highest BCUT2D eigenvalue weighted by Crippen LogP contribution is 2.09. The van der Waals surface area contributed by atoms with Gasteiger partial charge in [0.2, 0.25) is 10.0 Å². The number of nitrogen functional groups attached to an aromatic ring is 1. The maximum absolute atomic E-state index is 11.6. The van der Waals surface area contributed by atoms with Gasteiger partial charge in [0.05, 0.1) is 11.9 Å². The van der Waals surface area contributed by atoms with Crippen molar-refractivity contribution in [2.24, 2.45) is 13.0 Å². The van der Waals surface area contributed by atoms with Crippen LogP contribution in [0.1, 0.15) is 25.8 Å². The normalized spacial score (nSPS) is 12.2. The third kappa shape index (κ3) is 4.35. The third-order valence-electron chi connectivity index (χ3n) is 2.51. The molecule has 0 atom stereocenters. The summed E-state index contributed by atoms with van der Waals surface area (Å²) in [4.78, 5) is 0. The van der Waals surface area contributed by atoms with Crippen molar-refractivity contribution in [2.75, 3.05) is 11.5 Å². The van der Waals surface area contributed by atoms with Crippen molar-refractivity contribution >= 4 is 15.8 Å². The zero-order valence-corrected chi connectivity index (χ0v) is 11.3. The Morgan fingerprint density at radius 3 is 2.65 bits per heavy atom. The molecule has 0 unspecified atom stereocenters. The van der Waals surface area contributed by atoms with Crippen LogP contribution in [0, 0.1) is 5.92 Å². The number of hydrogen-bond donors (Lipinski definition) is 2. The highest BCUT2D eigenvalue weighted by atomic mass is 32.2. The van der Waals surface area contributed by atoms with Crippen LogP contribution in [-0.4, -0.2) is 24.0 Å². The summed E-state index contributed by atoms with van der Waals surface area (Å²) in [6.45, 7) is 4.18. The number of aromatic nitrogens is 2. The summed E-state index contributed by atoms with van der Waals surface area (Å²) >= 11 is 0. The lowest BCUT2D eigenvalue weighted by molar-refractivity contribution is 0.561. The fourth-order valence-electron chi connectivity index (χ4n) is 1.28. The second kappa shape index (κ2) is 5.50. The SMILES string of the molecule is CC(C)CCS(=O)(=O)NCc1cnn(C)c1N. The third-order valence-corrected chi connectivity index (χ3v) is 3.87. The molecule has 0 aromatic carbocycles. The maximum Gasteiger partial charge on any atom is 0.211 e. The van der Waals surface area contributed by atoms with E-state index >= 15 is 0 Å². The Labute approximate surface area is 102 Å². The average molecular weight is 260 g/mol. The Hall–Kier alpha value is -1.08. The number of nitrogens with two attached hydrogens (primary N) is 1. The van der Waals surface area contributed by atoms with E-state index in [0.29, 0.717) is 23.7 Å². The lowest BCUT2D eigenvalue weighted by Crippen LogP contribution is -2.26. The largest absolute Gasteiger partial charge is 0.384 e. The standard InChI is InChI=1S/C10H20N4O2S/c1-8(2)4-5-17(15,16)13-7-9-6-12-14(3)10(9)11/h6,8,13H,4-5,7,11H2,1-3H3. The fraction of sp³-hybridized carbons (Fsp3) is 0.700. The average Bonchev–Trinajstić information content (AvgIpc) is 2.55. The van der Waals surface area contributed by atoms with Crippen LogP contribution in [0.4, 0.5) is 5.82 Å². The summed E-state index contributed by atoms with van der Waals surface area (Å²) in [7, 11) is -1.51. The Kier molecular flexibility index (Phi) is 4.53. The van der Waals surface area contributed by atoms with Crippen molar-refractivity contribution in [3.05, 3.63) is 11.8 Å². The molecule has 0 aliphatic carbocycles. The van der Waals surface area contributed by atoms with Gasteiger partial charge in [0.15, 0.2) is 0 Å². The quantitative estimate of drug-likeness (QED) is 0.778. The van der Waals surface area contributed by atoms with Gasteiger partial charge >= 0.3 is 0 Å². The number of anilines is 1. The molecule has 7 heteroatoms. The fourth-order valence-corrected chi connectivity index (χ4v) is 2.58. The van der Waals surface area contributed by atoms with E-state index in [1.165, 1.54) is 4.68 Å². The molecule has 1 rings (SSSR count). The zero-order valence-electron chi connectivity index (χ0n) is 10.5. The molecule has 0 aliphatic heterocycles. The van der Waals surface area contributed by atoms with Gasteiger partial charge in [-0.3, -0.25) is 4.68 Å². The first-order valence-corrected chi connectivity index (χ1v) is 7.20. The van der Waals surface area contributed by atoms with E-state index in [9.17, 15) is 8.42 Å². The second-order valence-electron chi connectivity index (χ2n) is 4.50. The molecule has 0 bridgehead atoms. The Bertz CT molecular complexity index is 465. The van der Waals surface area contributed by atoms with Crippen molar-refractivity contribution < 1.29 is 8.42 Å². The zero-order chi connectivity index (χ0) is 13.1. The Morgan fingerprint density at radius 2 is 2.18 bits per heavy atom. The second-order valence-corrected chi connectivity index (χ2v) is 6.43. The van der Waals surface area contributed by atoms with Crippen LogP contribution >= 0.6 is 0 Å². The molecule has 17 heavy (non-hydrogen) atoms. The minimum Gasteiger partial charge on any atom is -0.384 e. The number of nitrogens with zero attached hydrogens (tertiary/aromatic N) is 2. The first-order valence-electron chi connectivity index (χ1n) is 5.55. The molecule has 98 valence electrons. The van der Waals surface area contributed by atoms with Crippen molar-refractivity contribution in [1.82, 2.24) is 14.5 Å². The molecular formula is C10H20N4O2S. The highest BCUT2D eigenvalue weighted by Gasteiger charge is 2.13. The Morgan fingerprint density at radius 1 is 1.53 bits per heavy atom. The van der Waals surface area contributed by atoms with E-state index in [-0.39, 0.29) is 12.3 Å². The van der Waals surface area contributed by atoms with Crippen LogP contribution in [0.2, 0.25) is 0 Å². The molecular weight excluding hydrogens is 240 g/mol. The summed E-state index contributed by atoms with van der Waals surface area (Å²) in [6.07, 6.45) is 2.22. The van der Waals surface area contributed by atoms with Gasteiger partial charge in [0.1, 0.15) is 5.82 Å². The Balaban J connectivity index is 2.53. The maximum atomic E-state index is 11.6. The van der Waals surface area contributed by atoms with Gasteiger partial charge in [-0.15, -0.1) is 0 Å². The van der Waals surface area contributed by atoms with E-state index in [2.05, 4.69) is 9.82 Å². The molecule has 6 nitrogen and oxygen atoms in total. The molecule has 1 aromatic heterocycles.